The molecule has 1 heterocycles. The van der Waals surface area contributed by atoms with Crippen LogP contribution in [0.4, 0.5) is 0 Å². The lowest BCUT2D eigenvalue weighted by atomic mass is 10.1. The monoisotopic (exact) mass is 403 g/mol. The summed E-state index contributed by atoms with van der Waals surface area (Å²) in [6.45, 7) is 0. The van der Waals surface area contributed by atoms with Crippen LogP contribution in [0, 0.1) is 0 Å². The molecule has 144 valence electrons. The van der Waals surface area contributed by atoms with E-state index in [-0.39, 0.29) is 17.2 Å². The SMILES string of the molecule is Oc1cccc(-c2csc(=NN=Cc3ccc(O)cc3O)n2-c2ccccc2)c1. The molecule has 0 atom stereocenters. The average molecular weight is 403 g/mol. The minimum atomic E-state index is -0.0773. The number of hydrogen-bond donors (Lipinski definition) is 3. The van der Waals surface area contributed by atoms with Gasteiger partial charge in [0.1, 0.15) is 17.2 Å². The summed E-state index contributed by atoms with van der Waals surface area (Å²) in [6.07, 6.45) is 1.43. The third-order valence-electron chi connectivity index (χ3n) is 4.22. The number of aromatic hydroxyl groups is 3. The number of hydrogen-bond acceptors (Lipinski definition) is 6. The third kappa shape index (κ3) is 4.04. The first-order valence-corrected chi connectivity index (χ1v) is 9.64. The molecule has 3 aromatic carbocycles. The van der Waals surface area contributed by atoms with Crippen molar-refractivity contribution in [2.45, 2.75) is 0 Å². The van der Waals surface area contributed by atoms with Crippen LogP contribution in [-0.4, -0.2) is 26.1 Å². The molecule has 4 aromatic rings. The Balaban J connectivity index is 1.81. The molecule has 29 heavy (non-hydrogen) atoms. The maximum Gasteiger partial charge on any atom is 0.215 e. The molecule has 4 rings (SSSR count). The largest absolute Gasteiger partial charge is 0.508 e. The van der Waals surface area contributed by atoms with E-state index in [0.717, 1.165) is 16.9 Å². The highest BCUT2D eigenvalue weighted by molar-refractivity contribution is 7.07. The third-order valence-corrected chi connectivity index (χ3v) is 5.03. The normalized spacial score (nSPS) is 11.9. The number of nitrogens with zero attached hydrogens (tertiary/aromatic N) is 3. The molecule has 0 saturated heterocycles. The highest BCUT2D eigenvalue weighted by atomic mass is 32.1. The van der Waals surface area contributed by atoms with Gasteiger partial charge in [-0.2, -0.15) is 5.10 Å². The van der Waals surface area contributed by atoms with Gasteiger partial charge in [0, 0.05) is 28.3 Å². The van der Waals surface area contributed by atoms with Crippen molar-refractivity contribution in [3.8, 4) is 34.2 Å². The van der Waals surface area contributed by atoms with E-state index < -0.39 is 0 Å². The number of para-hydroxylation sites is 1. The number of rotatable bonds is 4. The Morgan fingerprint density at radius 3 is 2.38 bits per heavy atom. The second kappa shape index (κ2) is 8.04. The molecular formula is C22H17N3O3S. The molecule has 0 bridgehead atoms. The first-order valence-electron chi connectivity index (χ1n) is 8.76. The quantitative estimate of drug-likeness (QED) is 0.351. The maximum absolute atomic E-state index is 9.88. The minimum Gasteiger partial charge on any atom is -0.508 e. The molecule has 0 aliphatic heterocycles. The molecule has 1 aromatic heterocycles. The standard InChI is InChI=1S/C22H17N3O3S/c26-18-8-4-5-15(11-18)20-14-29-22(25(20)17-6-2-1-3-7-17)24-23-13-16-9-10-19(27)12-21(16)28/h1-14,26-28H. The van der Waals surface area contributed by atoms with Crippen molar-refractivity contribution in [3.63, 3.8) is 0 Å². The van der Waals surface area contributed by atoms with Crippen molar-refractivity contribution >= 4 is 17.6 Å². The molecule has 0 aliphatic carbocycles. The Morgan fingerprint density at radius 1 is 0.828 bits per heavy atom. The van der Waals surface area contributed by atoms with E-state index in [1.807, 2.05) is 46.3 Å². The van der Waals surface area contributed by atoms with E-state index >= 15 is 0 Å². The lowest BCUT2D eigenvalue weighted by Gasteiger charge is -2.09. The van der Waals surface area contributed by atoms with E-state index in [1.165, 1.54) is 29.7 Å². The summed E-state index contributed by atoms with van der Waals surface area (Å²) < 4.78 is 1.95. The lowest BCUT2D eigenvalue weighted by molar-refractivity contribution is 0.450. The van der Waals surface area contributed by atoms with Crippen molar-refractivity contribution in [2.24, 2.45) is 10.2 Å². The predicted octanol–water partition coefficient (Wildman–Crippen LogP) is 4.26. The maximum atomic E-state index is 9.88. The average Bonchev–Trinajstić information content (AvgIpc) is 3.14. The van der Waals surface area contributed by atoms with Gasteiger partial charge >= 0.3 is 0 Å². The number of aromatic nitrogens is 1. The van der Waals surface area contributed by atoms with Crippen LogP contribution in [0.2, 0.25) is 0 Å². The summed E-state index contributed by atoms with van der Waals surface area (Å²) in [5.74, 6) is 0.0895. The van der Waals surface area contributed by atoms with E-state index in [1.54, 1.807) is 24.3 Å². The number of phenols is 3. The Kier molecular flexibility index (Phi) is 5.13. The molecule has 0 fully saturated rings. The first-order chi connectivity index (χ1) is 14.1. The summed E-state index contributed by atoms with van der Waals surface area (Å²) in [4.78, 5) is 0.629. The molecule has 0 spiro atoms. The smallest absolute Gasteiger partial charge is 0.215 e. The van der Waals surface area contributed by atoms with Gasteiger partial charge in [-0.3, -0.25) is 4.57 Å². The van der Waals surface area contributed by atoms with Crippen molar-refractivity contribution < 1.29 is 15.3 Å². The van der Waals surface area contributed by atoms with Crippen LogP contribution in [0.3, 0.4) is 0 Å². The van der Waals surface area contributed by atoms with E-state index in [2.05, 4.69) is 10.2 Å². The second-order valence-corrected chi connectivity index (χ2v) is 7.05. The summed E-state index contributed by atoms with van der Waals surface area (Å²) >= 11 is 1.41. The van der Waals surface area contributed by atoms with E-state index in [0.29, 0.717) is 10.4 Å². The lowest BCUT2D eigenvalue weighted by Crippen LogP contribution is -2.13. The van der Waals surface area contributed by atoms with Gasteiger partial charge in [-0.05, 0) is 36.4 Å². The predicted molar refractivity (Wildman–Crippen MR) is 114 cm³/mol. The van der Waals surface area contributed by atoms with Gasteiger partial charge < -0.3 is 15.3 Å². The van der Waals surface area contributed by atoms with Crippen LogP contribution in [0.1, 0.15) is 5.56 Å². The van der Waals surface area contributed by atoms with Crippen LogP contribution in [0.25, 0.3) is 16.9 Å². The second-order valence-electron chi connectivity index (χ2n) is 6.21. The molecule has 3 N–H and O–H groups in total. The van der Waals surface area contributed by atoms with Gasteiger partial charge in [0.05, 0.1) is 11.9 Å². The zero-order valence-electron chi connectivity index (χ0n) is 15.2. The van der Waals surface area contributed by atoms with Crippen LogP contribution in [0.15, 0.2) is 88.4 Å². The minimum absolute atomic E-state index is 0.0208. The van der Waals surface area contributed by atoms with Crippen LogP contribution in [0.5, 0.6) is 17.2 Å². The Bertz CT molecular complexity index is 1240. The molecule has 0 radical (unpaired) electrons. The highest BCUT2D eigenvalue weighted by Crippen LogP contribution is 2.26. The number of thiazole rings is 1. The summed E-state index contributed by atoms with van der Waals surface area (Å²) in [7, 11) is 0. The summed E-state index contributed by atoms with van der Waals surface area (Å²) in [6, 6.07) is 21.1. The Hall–Kier alpha value is -3.84. The van der Waals surface area contributed by atoms with Gasteiger partial charge in [0.2, 0.25) is 4.80 Å². The zero-order valence-corrected chi connectivity index (χ0v) is 16.0. The van der Waals surface area contributed by atoms with Gasteiger partial charge in [-0.15, -0.1) is 16.4 Å². The van der Waals surface area contributed by atoms with Gasteiger partial charge in [0.25, 0.3) is 0 Å². The summed E-state index contributed by atoms with van der Waals surface area (Å²) in [5, 5.41) is 39.5. The van der Waals surface area contributed by atoms with E-state index in [4.69, 9.17) is 0 Å². The fraction of sp³-hybridized carbons (Fsp3) is 0. The Labute approximate surface area is 170 Å². The van der Waals surface area contributed by atoms with Gasteiger partial charge in [0.15, 0.2) is 0 Å². The van der Waals surface area contributed by atoms with Crippen LogP contribution < -0.4 is 4.80 Å². The van der Waals surface area contributed by atoms with Crippen molar-refractivity contribution in [2.75, 3.05) is 0 Å². The zero-order chi connectivity index (χ0) is 20.2. The molecule has 0 aliphatic rings. The molecule has 0 amide bonds. The molecule has 0 unspecified atom stereocenters. The number of phenolic OH excluding ortho intramolecular Hbond substituents is 3. The van der Waals surface area contributed by atoms with E-state index in [9.17, 15) is 15.3 Å². The molecular weight excluding hydrogens is 386 g/mol. The topological polar surface area (TPSA) is 90.3 Å². The van der Waals surface area contributed by atoms with Crippen LogP contribution in [-0.2, 0) is 0 Å². The van der Waals surface area contributed by atoms with Crippen molar-refractivity contribution in [3.05, 3.63) is 88.5 Å². The summed E-state index contributed by atoms with van der Waals surface area (Å²) in [5.41, 5.74) is 3.08. The number of benzene rings is 3. The molecule has 7 heteroatoms. The fourth-order valence-electron chi connectivity index (χ4n) is 2.86. The van der Waals surface area contributed by atoms with Crippen molar-refractivity contribution in [1.82, 2.24) is 4.57 Å². The Morgan fingerprint density at radius 2 is 1.62 bits per heavy atom. The highest BCUT2D eigenvalue weighted by Gasteiger charge is 2.10. The van der Waals surface area contributed by atoms with Gasteiger partial charge in [-0.25, -0.2) is 0 Å². The molecule has 0 saturated carbocycles. The molecule has 6 nitrogen and oxygen atoms in total. The van der Waals surface area contributed by atoms with Gasteiger partial charge in [-0.1, -0.05) is 30.3 Å². The fourth-order valence-corrected chi connectivity index (χ4v) is 3.72. The van der Waals surface area contributed by atoms with Crippen LogP contribution >= 0.6 is 11.3 Å². The first kappa shape index (κ1) is 18.5. The van der Waals surface area contributed by atoms with Crippen molar-refractivity contribution in [1.29, 1.82) is 0 Å².